The summed E-state index contributed by atoms with van der Waals surface area (Å²) in [5.74, 6) is -0.255. The molecule has 2 aliphatic heterocycles. The predicted molar refractivity (Wildman–Crippen MR) is 82.2 cm³/mol. The van der Waals surface area contributed by atoms with Gasteiger partial charge in [0.25, 0.3) is 5.91 Å². The molecule has 0 spiro atoms. The second-order valence-electron chi connectivity index (χ2n) is 6.67. The van der Waals surface area contributed by atoms with Crippen LogP contribution in [0.5, 0.6) is 0 Å². The lowest BCUT2D eigenvalue weighted by Gasteiger charge is -2.30. The maximum atomic E-state index is 12.0. The molecule has 2 saturated heterocycles. The lowest BCUT2D eigenvalue weighted by molar-refractivity contribution is -0.130. The van der Waals surface area contributed by atoms with Crippen molar-refractivity contribution in [2.45, 2.75) is 64.1 Å². The molecule has 0 bridgehead atoms. The first-order valence-electron chi connectivity index (χ1n) is 7.98. The molecule has 2 fully saturated rings. The average molecular weight is 310 g/mol. The van der Waals surface area contributed by atoms with Gasteiger partial charge in [-0.25, -0.2) is 4.79 Å². The second kappa shape index (κ2) is 6.64. The van der Waals surface area contributed by atoms with E-state index < -0.39 is 5.54 Å². The average Bonchev–Trinajstić information content (AvgIpc) is 2.63. The fourth-order valence-corrected chi connectivity index (χ4v) is 2.94. The first-order chi connectivity index (χ1) is 10.3. The Bertz CT molecular complexity index is 464. The molecule has 2 unspecified atom stereocenters. The molecule has 124 valence electrons. The number of urea groups is 1. The van der Waals surface area contributed by atoms with Crippen molar-refractivity contribution >= 4 is 17.8 Å². The Hall–Kier alpha value is -1.63. The fourth-order valence-electron chi connectivity index (χ4n) is 2.94. The first-order valence-corrected chi connectivity index (χ1v) is 7.98. The van der Waals surface area contributed by atoms with Crippen molar-refractivity contribution in [1.82, 2.24) is 20.9 Å². The Kier molecular flexibility index (Phi) is 5.05. The third kappa shape index (κ3) is 3.76. The third-order valence-corrected chi connectivity index (χ3v) is 4.34. The van der Waals surface area contributed by atoms with Crippen molar-refractivity contribution < 1.29 is 14.4 Å². The number of carbonyl (C=O) groups is 3. The van der Waals surface area contributed by atoms with Crippen LogP contribution in [0.4, 0.5) is 4.79 Å². The molecule has 0 aliphatic carbocycles. The maximum absolute atomic E-state index is 12.0. The quantitative estimate of drug-likeness (QED) is 0.639. The van der Waals surface area contributed by atoms with Crippen LogP contribution < -0.4 is 16.0 Å². The molecule has 7 nitrogen and oxygen atoms in total. The van der Waals surface area contributed by atoms with E-state index in [0.717, 1.165) is 19.4 Å². The summed E-state index contributed by atoms with van der Waals surface area (Å²) in [5, 5.41) is 9.00. The van der Waals surface area contributed by atoms with E-state index in [9.17, 15) is 14.4 Å². The molecule has 2 aliphatic rings. The van der Waals surface area contributed by atoms with Gasteiger partial charge >= 0.3 is 6.03 Å². The molecule has 2 heterocycles. The van der Waals surface area contributed by atoms with Gasteiger partial charge in [-0.1, -0.05) is 0 Å². The zero-order chi connectivity index (χ0) is 16.3. The molecule has 2 rings (SSSR count). The Morgan fingerprint density at radius 1 is 1.41 bits per heavy atom. The molecular formula is C15H26N4O3. The van der Waals surface area contributed by atoms with Crippen molar-refractivity contribution in [3.63, 3.8) is 0 Å². The molecule has 0 saturated carbocycles. The zero-order valence-corrected chi connectivity index (χ0v) is 13.6. The fraction of sp³-hybridized carbons (Fsp3) is 0.800. The van der Waals surface area contributed by atoms with Gasteiger partial charge in [-0.2, -0.15) is 0 Å². The van der Waals surface area contributed by atoms with Gasteiger partial charge in [0, 0.05) is 25.0 Å². The van der Waals surface area contributed by atoms with Gasteiger partial charge in [0.15, 0.2) is 0 Å². The van der Waals surface area contributed by atoms with Crippen molar-refractivity contribution in [2.75, 3.05) is 13.1 Å². The number of carbonyl (C=O) groups excluding carboxylic acids is 3. The standard InChI is InChI=1S/C15H26N4O3/c1-10-11(6-4-8-16-10)17-12(20)7-5-9-19-13(21)15(2,3)18-14(19)22/h10-11,16H,4-9H2,1-3H3,(H,17,20)(H,18,22). The first kappa shape index (κ1) is 16.7. The van der Waals surface area contributed by atoms with Crippen LogP contribution in [0.1, 0.15) is 46.5 Å². The minimum absolute atomic E-state index is 0.0214. The van der Waals surface area contributed by atoms with Gasteiger partial charge in [0.1, 0.15) is 5.54 Å². The summed E-state index contributed by atoms with van der Waals surface area (Å²) in [6.07, 6.45) is 2.85. The number of imide groups is 1. The summed E-state index contributed by atoms with van der Waals surface area (Å²) < 4.78 is 0. The van der Waals surface area contributed by atoms with Crippen molar-refractivity contribution in [2.24, 2.45) is 0 Å². The van der Waals surface area contributed by atoms with Gasteiger partial charge in [-0.15, -0.1) is 0 Å². The van der Waals surface area contributed by atoms with E-state index in [0.29, 0.717) is 12.8 Å². The van der Waals surface area contributed by atoms with Gasteiger partial charge in [-0.05, 0) is 46.6 Å². The third-order valence-electron chi connectivity index (χ3n) is 4.34. The second-order valence-corrected chi connectivity index (χ2v) is 6.67. The van der Waals surface area contributed by atoms with E-state index in [1.807, 2.05) is 0 Å². The van der Waals surface area contributed by atoms with Gasteiger partial charge in [0.05, 0.1) is 0 Å². The smallest absolute Gasteiger partial charge is 0.325 e. The van der Waals surface area contributed by atoms with Crippen molar-refractivity contribution in [1.29, 1.82) is 0 Å². The normalized spacial score (nSPS) is 27.7. The van der Waals surface area contributed by atoms with Crippen LogP contribution in [0, 0.1) is 0 Å². The van der Waals surface area contributed by atoms with Crippen LogP contribution in [0.15, 0.2) is 0 Å². The molecule has 7 heteroatoms. The van der Waals surface area contributed by atoms with Gasteiger partial charge < -0.3 is 16.0 Å². The molecule has 22 heavy (non-hydrogen) atoms. The van der Waals surface area contributed by atoms with Crippen LogP contribution in [0.2, 0.25) is 0 Å². The van der Waals surface area contributed by atoms with E-state index >= 15 is 0 Å². The number of nitrogens with zero attached hydrogens (tertiary/aromatic N) is 1. The van der Waals surface area contributed by atoms with Crippen LogP contribution >= 0.6 is 0 Å². The number of hydrogen-bond donors (Lipinski definition) is 3. The molecule has 0 aromatic rings. The molecule has 2 atom stereocenters. The summed E-state index contributed by atoms with van der Waals surface area (Å²) in [6, 6.07) is 0.0712. The topological polar surface area (TPSA) is 90.5 Å². The number of amides is 4. The largest absolute Gasteiger partial charge is 0.352 e. The van der Waals surface area contributed by atoms with Gasteiger partial charge in [-0.3, -0.25) is 14.5 Å². The SMILES string of the molecule is CC1NCCCC1NC(=O)CCCN1C(=O)NC(C)(C)C1=O. The Morgan fingerprint density at radius 2 is 2.14 bits per heavy atom. The minimum Gasteiger partial charge on any atom is -0.352 e. The summed E-state index contributed by atoms with van der Waals surface area (Å²) in [7, 11) is 0. The zero-order valence-electron chi connectivity index (χ0n) is 13.6. The number of rotatable bonds is 5. The Morgan fingerprint density at radius 3 is 2.73 bits per heavy atom. The van der Waals surface area contributed by atoms with E-state index in [-0.39, 0.29) is 36.5 Å². The van der Waals surface area contributed by atoms with E-state index in [1.54, 1.807) is 13.8 Å². The molecule has 3 N–H and O–H groups in total. The van der Waals surface area contributed by atoms with Crippen LogP contribution in [0.3, 0.4) is 0 Å². The van der Waals surface area contributed by atoms with E-state index in [1.165, 1.54) is 4.90 Å². The Labute approximate surface area is 131 Å². The molecule has 0 aromatic carbocycles. The van der Waals surface area contributed by atoms with Crippen LogP contribution in [-0.2, 0) is 9.59 Å². The predicted octanol–water partition coefficient (Wildman–Crippen LogP) is 0.354. The maximum Gasteiger partial charge on any atom is 0.325 e. The monoisotopic (exact) mass is 310 g/mol. The molecule has 0 aromatic heterocycles. The highest BCUT2D eigenvalue weighted by Crippen LogP contribution is 2.17. The summed E-state index contributed by atoms with van der Waals surface area (Å²) in [4.78, 5) is 36.9. The van der Waals surface area contributed by atoms with E-state index in [4.69, 9.17) is 0 Å². The summed E-state index contributed by atoms with van der Waals surface area (Å²) >= 11 is 0. The summed E-state index contributed by atoms with van der Waals surface area (Å²) in [6.45, 7) is 6.70. The Balaban J connectivity index is 1.73. The molecular weight excluding hydrogens is 284 g/mol. The van der Waals surface area contributed by atoms with Crippen molar-refractivity contribution in [3.8, 4) is 0 Å². The minimum atomic E-state index is -0.845. The molecule has 4 amide bonds. The van der Waals surface area contributed by atoms with E-state index in [2.05, 4.69) is 22.9 Å². The highest BCUT2D eigenvalue weighted by Gasteiger charge is 2.43. The lowest BCUT2D eigenvalue weighted by Crippen LogP contribution is -2.51. The lowest BCUT2D eigenvalue weighted by atomic mass is 10.00. The highest BCUT2D eigenvalue weighted by molar-refractivity contribution is 6.06. The summed E-state index contributed by atoms with van der Waals surface area (Å²) in [5.41, 5.74) is -0.845. The van der Waals surface area contributed by atoms with Crippen LogP contribution in [0.25, 0.3) is 0 Å². The molecule has 0 radical (unpaired) electrons. The van der Waals surface area contributed by atoms with Crippen LogP contribution in [-0.4, -0.2) is 53.5 Å². The van der Waals surface area contributed by atoms with Crippen molar-refractivity contribution in [3.05, 3.63) is 0 Å². The highest BCUT2D eigenvalue weighted by atomic mass is 16.2. The van der Waals surface area contributed by atoms with Gasteiger partial charge in [0.2, 0.25) is 5.91 Å². The number of nitrogens with one attached hydrogen (secondary N) is 3. The number of piperidine rings is 1. The number of hydrogen-bond acceptors (Lipinski definition) is 4.